The Morgan fingerprint density at radius 1 is 0.625 bits per heavy atom. The first-order valence-corrected chi connectivity index (χ1v) is 19.9. The summed E-state index contributed by atoms with van der Waals surface area (Å²) in [5, 5.41) is 3.61. The van der Waals surface area contributed by atoms with Gasteiger partial charge in [-0.2, -0.15) is 0 Å². The molecule has 0 aliphatic heterocycles. The summed E-state index contributed by atoms with van der Waals surface area (Å²) in [6, 6.07) is 48.9. The van der Waals surface area contributed by atoms with Gasteiger partial charge in [0.05, 0.1) is 11.8 Å². The first-order chi connectivity index (χ1) is 27.3. The molecule has 0 heterocycles. The molecule has 0 radical (unpaired) electrons. The lowest BCUT2D eigenvalue weighted by Gasteiger charge is -2.34. The molecular formula is C52H44N2O2. The molecule has 6 aromatic carbocycles. The van der Waals surface area contributed by atoms with Crippen LogP contribution in [0.3, 0.4) is 0 Å². The van der Waals surface area contributed by atoms with Crippen molar-refractivity contribution in [2.75, 3.05) is 10.2 Å². The molecule has 4 nitrogen and oxygen atoms in total. The molecule has 274 valence electrons. The number of nitrogens with zero attached hydrogens (tertiary/aromatic N) is 1. The number of nitrogens with one attached hydrogen (secondary N) is 1. The largest absolute Gasteiger partial charge is 0.356 e. The Balaban J connectivity index is 0.980. The van der Waals surface area contributed by atoms with Gasteiger partial charge in [0.1, 0.15) is 0 Å². The third-order valence-corrected chi connectivity index (χ3v) is 12.9. The minimum atomic E-state index is -0.544. The molecule has 0 spiro atoms. The fourth-order valence-corrected chi connectivity index (χ4v) is 9.96. The van der Waals surface area contributed by atoms with Crippen molar-refractivity contribution in [2.45, 2.75) is 50.9 Å². The number of fused-ring (bicyclic) bond motifs is 6. The van der Waals surface area contributed by atoms with Crippen LogP contribution in [0.2, 0.25) is 0 Å². The van der Waals surface area contributed by atoms with E-state index in [-0.39, 0.29) is 17.0 Å². The second kappa shape index (κ2) is 13.2. The number of carbonyl (C=O) groups excluding carboxylic acids is 2. The van der Waals surface area contributed by atoms with Crippen LogP contribution in [-0.2, 0) is 11.8 Å². The second-order valence-electron chi connectivity index (χ2n) is 16.4. The molecule has 4 aliphatic rings. The highest BCUT2D eigenvalue weighted by atomic mass is 16.1. The van der Waals surface area contributed by atoms with Crippen LogP contribution in [0.5, 0.6) is 0 Å². The predicted octanol–water partition coefficient (Wildman–Crippen LogP) is 12.5. The molecule has 0 saturated heterocycles. The van der Waals surface area contributed by atoms with Crippen molar-refractivity contribution in [2.24, 2.45) is 11.8 Å². The van der Waals surface area contributed by atoms with E-state index >= 15 is 0 Å². The number of aryl methyl sites for hydroxylation is 1. The molecule has 10 rings (SSSR count). The van der Waals surface area contributed by atoms with Gasteiger partial charge in [0, 0.05) is 45.0 Å². The summed E-state index contributed by atoms with van der Waals surface area (Å²) in [5.74, 6) is -0.201. The van der Waals surface area contributed by atoms with Crippen LogP contribution in [0.1, 0.15) is 87.6 Å². The number of Topliss-reactive ketones (excluding diaryl/α,β-unsaturated/α-hetero) is 2. The average molecular weight is 729 g/mol. The Morgan fingerprint density at radius 2 is 1.29 bits per heavy atom. The maximum atomic E-state index is 13.9. The lowest BCUT2D eigenvalue weighted by atomic mass is 9.71. The van der Waals surface area contributed by atoms with Gasteiger partial charge in [-0.05, 0) is 124 Å². The Bertz CT molecular complexity index is 2620. The van der Waals surface area contributed by atoms with Crippen molar-refractivity contribution in [1.82, 2.24) is 0 Å². The van der Waals surface area contributed by atoms with E-state index in [0.717, 1.165) is 41.3 Å². The van der Waals surface area contributed by atoms with Gasteiger partial charge in [-0.25, -0.2) is 0 Å². The molecule has 1 N–H and O–H groups in total. The van der Waals surface area contributed by atoms with Gasteiger partial charge in [0.25, 0.3) is 0 Å². The van der Waals surface area contributed by atoms with E-state index in [0.29, 0.717) is 23.0 Å². The number of ketones is 2. The molecule has 4 atom stereocenters. The van der Waals surface area contributed by atoms with Crippen LogP contribution in [0.15, 0.2) is 163 Å². The zero-order valence-corrected chi connectivity index (χ0v) is 32.0. The Hall–Kier alpha value is -6.26. The molecule has 4 aliphatic carbocycles. The van der Waals surface area contributed by atoms with Gasteiger partial charge in [0.15, 0.2) is 11.6 Å². The summed E-state index contributed by atoms with van der Waals surface area (Å²) in [6.45, 7) is 7.11. The highest BCUT2D eigenvalue weighted by Gasteiger charge is 2.42. The number of hydrogen-bond acceptors (Lipinski definition) is 4. The molecule has 4 unspecified atom stereocenters. The van der Waals surface area contributed by atoms with E-state index in [1.54, 1.807) is 12.1 Å². The smallest absolute Gasteiger partial charge is 0.171 e. The number of para-hydroxylation sites is 2. The standard InChI is InChI=1S/C52H44N2O2/c1-32-40(24-19-33-18-21-36(29-46(32)33)53-35-12-6-4-7-13-35)34-20-25-41-42-26-22-39(31-49(42)52(2,3)48(41)28-34)54(37-14-8-5-9-15-37)38-23-27-45-47(30-38)51(56)44-17-11-10-16-43(44)50(45)55/h4-18,20-23,25-32,40,45,47,53H,19,24H2,1-3H3. The molecule has 0 bridgehead atoms. The second-order valence-corrected chi connectivity index (χ2v) is 16.4. The van der Waals surface area contributed by atoms with Crippen molar-refractivity contribution in [1.29, 1.82) is 0 Å². The van der Waals surface area contributed by atoms with E-state index in [2.05, 4.69) is 122 Å². The minimum absolute atomic E-state index is 0.00136. The van der Waals surface area contributed by atoms with Gasteiger partial charge in [-0.1, -0.05) is 118 Å². The monoisotopic (exact) mass is 728 g/mol. The Morgan fingerprint density at radius 3 is 2.04 bits per heavy atom. The lowest BCUT2D eigenvalue weighted by Crippen LogP contribution is -2.36. The highest BCUT2D eigenvalue weighted by Crippen LogP contribution is 2.53. The van der Waals surface area contributed by atoms with Crippen LogP contribution in [-0.4, -0.2) is 11.6 Å². The molecule has 56 heavy (non-hydrogen) atoms. The van der Waals surface area contributed by atoms with E-state index in [4.69, 9.17) is 0 Å². The van der Waals surface area contributed by atoms with Gasteiger partial charge in [-0.3, -0.25) is 9.59 Å². The minimum Gasteiger partial charge on any atom is -0.356 e. The zero-order valence-electron chi connectivity index (χ0n) is 32.0. The van der Waals surface area contributed by atoms with Crippen LogP contribution in [0, 0.1) is 11.8 Å². The van der Waals surface area contributed by atoms with Crippen LogP contribution >= 0.6 is 0 Å². The molecule has 0 saturated carbocycles. The summed E-state index contributed by atoms with van der Waals surface area (Å²) < 4.78 is 0. The van der Waals surface area contributed by atoms with E-state index < -0.39 is 11.8 Å². The van der Waals surface area contributed by atoms with Gasteiger partial charge >= 0.3 is 0 Å². The van der Waals surface area contributed by atoms with Crippen LogP contribution < -0.4 is 10.2 Å². The first kappa shape index (κ1) is 34.2. The normalized spacial score (nSPS) is 21.2. The van der Waals surface area contributed by atoms with Crippen molar-refractivity contribution in [3.63, 3.8) is 0 Å². The lowest BCUT2D eigenvalue weighted by molar-refractivity contribution is 0.0801. The highest BCUT2D eigenvalue weighted by molar-refractivity contribution is 6.17. The van der Waals surface area contributed by atoms with Crippen molar-refractivity contribution >= 4 is 34.3 Å². The zero-order chi connectivity index (χ0) is 38.1. The molecule has 0 amide bonds. The maximum absolute atomic E-state index is 13.9. The average Bonchev–Trinajstić information content (AvgIpc) is 3.46. The first-order valence-electron chi connectivity index (χ1n) is 19.9. The molecular weight excluding hydrogens is 685 g/mol. The molecule has 0 fully saturated rings. The van der Waals surface area contributed by atoms with Crippen molar-refractivity contribution in [3.8, 4) is 11.1 Å². The molecule has 6 aromatic rings. The SMILES string of the molecule is CC1c2cc(Nc3ccccc3)ccc2CCC1c1ccc2c(c1)C(C)(C)c1cc(N(C3=CC4C(=O)c5ccccc5C(=O)C4C=C3)c3ccccc3)ccc1-2. The summed E-state index contributed by atoms with van der Waals surface area (Å²) in [5.41, 5.74) is 15.5. The van der Waals surface area contributed by atoms with Gasteiger partial charge < -0.3 is 10.2 Å². The topological polar surface area (TPSA) is 49.4 Å². The third-order valence-electron chi connectivity index (χ3n) is 12.9. The summed E-state index contributed by atoms with van der Waals surface area (Å²) in [6.07, 6.45) is 8.18. The third kappa shape index (κ3) is 5.50. The van der Waals surface area contributed by atoms with E-state index in [1.807, 2.05) is 54.6 Å². The summed E-state index contributed by atoms with van der Waals surface area (Å²) >= 11 is 0. The van der Waals surface area contributed by atoms with E-state index in [1.165, 1.54) is 38.9 Å². The van der Waals surface area contributed by atoms with Crippen molar-refractivity contribution in [3.05, 3.63) is 202 Å². The van der Waals surface area contributed by atoms with Crippen LogP contribution in [0.4, 0.5) is 22.7 Å². The Kier molecular flexibility index (Phi) is 8.07. The van der Waals surface area contributed by atoms with E-state index in [9.17, 15) is 9.59 Å². The number of rotatable bonds is 6. The number of carbonyl (C=O) groups is 2. The number of hydrogen-bond donors (Lipinski definition) is 1. The molecule has 4 heteroatoms. The quantitative estimate of drug-likeness (QED) is 0.185. The number of benzene rings is 6. The fourth-order valence-electron chi connectivity index (χ4n) is 9.96. The maximum Gasteiger partial charge on any atom is 0.171 e. The number of anilines is 4. The predicted molar refractivity (Wildman–Crippen MR) is 228 cm³/mol. The summed E-state index contributed by atoms with van der Waals surface area (Å²) in [4.78, 5) is 29.6. The van der Waals surface area contributed by atoms with Crippen LogP contribution in [0.25, 0.3) is 11.1 Å². The molecule has 0 aromatic heterocycles. The summed E-state index contributed by atoms with van der Waals surface area (Å²) in [7, 11) is 0. The number of allylic oxidation sites excluding steroid dienone is 3. The van der Waals surface area contributed by atoms with Crippen molar-refractivity contribution < 1.29 is 9.59 Å². The van der Waals surface area contributed by atoms with Gasteiger partial charge in [0.2, 0.25) is 0 Å². The van der Waals surface area contributed by atoms with Gasteiger partial charge in [-0.15, -0.1) is 0 Å². The fraction of sp³-hybridized carbons (Fsp3) is 0.192. The Labute approximate surface area is 329 Å².